The zero-order valence-electron chi connectivity index (χ0n) is 20.4. The van der Waals surface area contributed by atoms with Crippen molar-refractivity contribution in [1.82, 2.24) is 24.9 Å². The molecule has 0 bridgehead atoms. The molecule has 6 nitrogen and oxygen atoms in total. The fraction of sp³-hybridized carbons (Fsp3) is 0.286. The highest BCUT2D eigenvalue weighted by atomic mass is 32.2. The van der Waals surface area contributed by atoms with Gasteiger partial charge >= 0.3 is 0 Å². The van der Waals surface area contributed by atoms with Crippen LogP contribution in [0.5, 0.6) is 0 Å². The molecular formula is C28H27N5OS3. The zero-order valence-corrected chi connectivity index (χ0v) is 22.8. The number of hydrogen-bond acceptors (Lipinski definition) is 7. The van der Waals surface area contributed by atoms with Gasteiger partial charge in [-0.3, -0.25) is 4.79 Å². The molecule has 9 heteroatoms. The van der Waals surface area contributed by atoms with Gasteiger partial charge in [-0.2, -0.15) is 0 Å². The van der Waals surface area contributed by atoms with Gasteiger partial charge in [0.25, 0.3) is 0 Å². The molecule has 1 N–H and O–H groups in total. The van der Waals surface area contributed by atoms with Gasteiger partial charge in [-0.05, 0) is 48.8 Å². The smallest absolute Gasteiger partial charge is 0.230 e. The molecule has 0 saturated heterocycles. The Hall–Kier alpha value is -2.88. The first-order valence-corrected chi connectivity index (χ1v) is 15.3. The predicted octanol–water partition coefficient (Wildman–Crippen LogP) is 5.96. The van der Waals surface area contributed by atoms with Crippen LogP contribution in [0.25, 0.3) is 15.9 Å². The number of carbonyl (C=O) groups excluding carboxylic acids is 1. The van der Waals surface area contributed by atoms with Crippen LogP contribution >= 0.6 is 34.9 Å². The number of thioether (sulfide) groups is 2. The van der Waals surface area contributed by atoms with E-state index in [1.54, 1.807) is 11.8 Å². The van der Waals surface area contributed by atoms with E-state index in [-0.39, 0.29) is 11.7 Å². The molecule has 5 aromatic rings. The lowest BCUT2D eigenvalue weighted by Crippen LogP contribution is -2.27. The van der Waals surface area contributed by atoms with E-state index in [9.17, 15) is 4.79 Å². The third-order valence-corrected chi connectivity index (χ3v) is 9.64. The molecule has 3 heterocycles. The average Bonchev–Trinajstić information content (AvgIpc) is 3.53. The van der Waals surface area contributed by atoms with Crippen LogP contribution in [-0.2, 0) is 29.8 Å². The van der Waals surface area contributed by atoms with Gasteiger partial charge in [0, 0.05) is 17.2 Å². The standard InChI is InChI=1S/C28H27N5OS3/c34-23(29-16-15-19-9-3-1-4-10-19)18-36-28-32-31-25-24-21-13-7-8-14-22(21)37-26(24)30-27(33(25)28)35-17-20-11-5-2-6-12-20/h1-6,9-12H,7-8,13-18H2,(H,29,34). The molecule has 1 aliphatic carbocycles. The lowest BCUT2D eigenvalue weighted by atomic mass is 9.97. The molecule has 0 radical (unpaired) electrons. The Morgan fingerprint density at radius 1 is 0.919 bits per heavy atom. The average molecular weight is 546 g/mol. The van der Waals surface area contributed by atoms with Crippen molar-refractivity contribution in [3.63, 3.8) is 0 Å². The Morgan fingerprint density at radius 2 is 1.68 bits per heavy atom. The molecule has 3 aromatic heterocycles. The van der Waals surface area contributed by atoms with E-state index in [0.29, 0.717) is 11.7 Å². The van der Waals surface area contributed by atoms with Crippen molar-refractivity contribution in [1.29, 1.82) is 0 Å². The van der Waals surface area contributed by atoms with Crippen LogP contribution in [0, 0.1) is 0 Å². The van der Waals surface area contributed by atoms with Gasteiger partial charge in [0.2, 0.25) is 5.91 Å². The second kappa shape index (κ2) is 11.2. The molecule has 1 amide bonds. The van der Waals surface area contributed by atoms with Crippen molar-refractivity contribution in [2.75, 3.05) is 12.3 Å². The van der Waals surface area contributed by atoms with Crippen LogP contribution in [-0.4, -0.2) is 37.8 Å². The summed E-state index contributed by atoms with van der Waals surface area (Å²) in [4.78, 5) is 20.2. The van der Waals surface area contributed by atoms with Gasteiger partial charge in [-0.15, -0.1) is 21.5 Å². The SMILES string of the molecule is O=C(CSc1nnc2c3c4c(sc3nc(SCc3ccccc3)n12)CCCC4)NCCc1ccccc1. The number of carbonyl (C=O) groups is 1. The van der Waals surface area contributed by atoms with Gasteiger partial charge in [0.05, 0.1) is 11.1 Å². The summed E-state index contributed by atoms with van der Waals surface area (Å²) in [7, 11) is 0. The quantitative estimate of drug-likeness (QED) is 0.182. The summed E-state index contributed by atoms with van der Waals surface area (Å²) in [5.41, 5.74) is 4.72. The molecule has 0 fully saturated rings. The number of hydrogen-bond donors (Lipinski definition) is 1. The molecule has 0 aliphatic heterocycles. The largest absolute Gasteiger partial charge is 0.355 e. The normalized spacial score (nSPS) is 13.2. The Bertz CT molecular complexity index is 1530. The summed E-state index contributed by atoms with van der Waals surface area (Å²) in [6.45, 7) is 0.616. The number of aryl methyl sites for hydroxylation is 2. The van der Waals surface area contributed by atoms with E-state index in [1.807, 2.05) is 35.6 Å². The van der Waals surface area contributed by atoms with Crippen LogP contribution in [0.4, 0.5) is 0 Å². The van der Waals surface area contributed by atoms with Crippen molar-refractivity contribution in [3.05, 3.63) is 82.2 Å². The highest BCUT2D eigenvalue weighted by Crippen LogP contribution is 2.40. The minimum atomic E-state index is -0.00174. The Balaban J connectivity index is 1.25. The van der Waals surface area contributed by atoms with Crippen molar-refractivity contribution < 1.29 is 4.79 Å². The Labute approximate surface area is 228 Å². The van der Waals surface area contributed by atoms with Gasteiger partial charge in [0.1, 0.15) is 4.83 Å². The second-order valence-electron chi connectivity index (χ2n) is 9.08. The lowest BCUT2D eigenvalue weighted by molar-refractivity contribution is -0.118. The monoisotopic (exact) mass is 545 g/mol. The lowest BCUT2D eigenvalue weighted by Gasteiger charge is -2.11. The van der Waals surface area contributed by atoms with Crippen LogP contribution < -0.4 is 5.32 Å². The van der Waals surface area contributed by atoms with Crippen molar-refractivity contribution >= 4 is 56.6 Å². The maximum absolute atomic E-state index is 12.6. The summed E-state index contributed by atoms with van der Waals surface area (Å²) in [6, 6.07) is 20.6. The fourth-order valence-corrected chi connectivity index (χ4v) is 7.77. The number of thiophene rings is 1. The van der Waals surface area contributed by atoms with Gasteiger partial charge in [-0.25, -0.2) is 9.38 Å². The number of aromatic nitrogens is 4. The van der Waals surface area contributed by atoms with E-state index < -0.39 is 0 Å². The van der Waals surface area contributed by atoms with E-state index in [0.717, 1.165) is 46.0 Å². The van der Waals surface area contributed by atoms with E-state index in [4.69, 9.17) is 4.98 Å². The Morgan fingerprint density at radius 3 is 2.49 bits per heavy atom. The highest BCUT2D eigenvalue weighted by Gasteiger charge is 2.24. The van der Waals surface area contributed by atoms with Crippen LogP contribution in [0.15, 0.2) is 71.0 Å². The summed E-state index contributed by atoms with van der Waals surface area (Å²) in [5.74, 6) is 1.10. The maximum Gasteiger partial charge on any atom is 0.230 e. The molecule has 0 atom stereocenters. The molecule has 6 rings (SSSR count). The molecule has 0 spiro atoms. The first-order chi connectivity index (χ1) is 18.3. The number of amides is 1. The summed E-state index contributed by atoms with van der Waals surface area (Å²) >= 11 is 4.92. The molecular weight excluding hydrogens is 519 g/mol. The van der Waals surface area contributed by atoms with E-state index >= 15 is 0 Å². The van der Waals surface area contributed by atoms with Crippen molar-refractivity contribution in [3.8, 4) is 0 Å². The van der Waals surface area contributed by atoms with Crippen LogP contribution in [0.2, 0.25) is 0 Å². The molecule has 2 aromatic carbocycles. The first kappa shape index (κ1) is 24.5. The minimum absolute atomic E-state index is 0.00174. The summed E-state index contributed by atoms with van der Waals surface area (Å²) < 4.78 is 2.07. The predicted molar refractivity (Wildman–Crippen MR) is 153 cm³/mol. The topological polar surface area (TPSA) is 72.2 Å². The number of nitrogens with one attached hydrogen (secondary N) is 1. The number of rotatable bonds is 9. The van der Waals surface area contributed by atoms with Crippen molar-refractivity contribution in [2.24, 2.45) is 0 Å². The second-order valence-corrected chi connectivity index (χ2v) is 12.0. The maximum atomic E-state index is 12.6. The molecule has 1 aliphatic rings. The van der Waals surface area contributed by atoms with E-state index in [2.05, 4.69) is 56.3 Å². The third kappa shape index (κ3) is 5.39. The van der Waals surface area contributed by atoms with Crippen molar-refractivity contribution in [2.45, 2.75) is 48.2 Å². The Kier molecular flexibility index (Phi) is 7.43. The molecule has 37 heavy (non-hydrogen) atoms. The van der Waals surface area contributed by atoms with Crippen LogP contribution in [0.3, 0.4) is 0 Å². The first-order valence-electron chi connectivity index (χ1n) is 12.6. The molecule has 188 valence electrons. The third-order valence-electron chi connectivity index (χ3n) is 6.52. The number of fused-ring (bicyclic) bond motifs is 5. The number of nitrogens with zero attached hydrogens (tertiary/aromatic N) is 4. The highest BCUT2D eigenvalue weighted by molar-refractivity contribution is 8.00. The number of benzene rings is 2. The van der Waals surface area contributed by atoms with Gasteiger partial charge in [0.15, 0.2) is 16.0 Å². The van der Waals surface area contributed by atoms with Crippen LogP contribution in [0.1, 0.15) is 34.4 Å². The summed E-state index contributed by atoms with van der Waals surface area (Å²) in [6.07, 6.45) is 5.44. The van der Waals surface area contributed by atoms with Gasteiger partial charge < -0.3 is 5.32 Å². The minimum Gasteiger partial charge on any atom is -0.355 e. The van der Waals surface area contributed by atoms with Gasteiger partial charge in [-0.1, -0.05) is 84.2 Å². The zero-order chi connectivity index (χ0) is 25.0. The summed E-state index contributed by atoms with van der Waals surface area (Å²) in [5, 5.41) is 14.9. The fourth-order valence-electron chi connectivity index (χ4n) is 4.69. The molecule has 0 saturated carbocycles. The van der Waals surface area contributed by atoms with E-state index in [1.165, 1.54) is 46.2 Å². The molecule has 0 unspecified atom stereocenters.